The van der Waals surface area contributed by atoms with Crippen LogP contribution in [0.5, 0.6) is 0 Å². The zero-order chi connectivity index (χ0) is 13.3. The summed E-state index contributed by atoms with van der Waals surface area (Å²) in [5.41, 5.74) is 7.54. The molecule has 0 spiro atoms. The van der Waals surface area contributed by atoms with Gasteiger partial charge in [0.05, 0.1) is 6.04 Å². The quantitative estimate of drug-likeness (QED) is 0.825. The zero-order valence-corrected chi connectivity index (χ0v) is 11.3. The molecule has 2 N–H and O–H groups in total. The SMILES string of the molecule is CC(n1nnnc1-c1cccc(N)c1)C(C)(C)C. The van der Waals surface area contributed by atoms with Crippen molar-refractivity contribution >= 4 is 5.69 Å². The van der Waals surface area contributed by atoms with Crippen molar-refractivity contribution in [2.75, 3.05) is 5.73 Å². The van der Waals surface area contributed by atoms with Gasteiger partial charge in [0.25, 0.3) is 0 Å². The lowest BCUT2D eigenvalue weighted by Crippen LogP contribution is -2.23. The summed E-state index contributed by atoms with van der Waals surface area (Å²) >= 11 is 0. The molecule has 0 radical (unpaired) electrons. The van der Waals surface area contributed by atoms with Gasteiger partial charge in [-0.15, -0.1) is 5.10 Å². The largest absolute Gasteiger partial charge is 0.399 e. The van der Waals surface area contributed by atoms with Gasteiger partial charge in [-0.05, 0) is 34.9 Å². The number of hydrogen-bond donors (Lipinski definition) is 1. The molecule has 2 rings (SSSR count). The van der Waals surface area contributed by atoms with Gasteiger partial charge in [0.15, 0.2) is 5.82 Å². The Kier molecular flexibility index (Phi) is 3.07. The van der Waals surface area contributed by atoms with Crippen LogP contribution in [0.25, 0.3) is 11.4 Å². The van der Waals surface area contributed by atoms with Gasteiger partial charge in [0.2, 0.25) is 0 Å². The van der Waals surface area contributed by atoms with E-state index in [2.05, 4.69) is 43.2 Å². The summed E-state index contributed by atoms with van der Waals surface area (Å²) in [6, 6.07) is 7.81. The molecule has 0 saturated carbocycles. The minimum Gasteiger partial charge on any atom is -0.399 e. The molecule has 0 bridgehead atoms. The summed E-state index contributed by atoms with van der Waals surface area (Å²) in [7, 11) is 0. The van der Waals surface area contributed by atoms with E-state index in [0.29, 0.717) is 5.69 Å². The van der Waals surface area contributed by atoms with E-state index in [9.17, 15) is 0 Å². The van der Waals surface area contributed by atoms with Crippen LogP contribution in [-0.2, 0) is 0 Å². The maximum atomic E-state index is 5.80. The summed E-state index contributed by atoms with van der Waals surface area (Å²) in [5, 5.41) is 12.0. The molecule has 1 atom stereocenters. The van der Waals surface area contributed by atoms with Crippen LogP contribution < -0.4 is 5.73 Å². The fourth-order valence-electron chi connectivity index (χ4n) is 1.69. The molecule has 18 heavy (non-hydrogen) atoms. The maximum absolute atomic E-state index is 5.80. The second-order valence-electron chi connectivity index (χ2n) is 5.61. The third kappa shape index (κ3) is 2.34. The predicted octanol–water partition coefficient (Wildman–Crippen LogP) is 2.53. The summed E-state index contributed by atoms with van der Waals surface area (Å²) in [4.78, 5) is 0. The minimum atomic E-state index is 0.0878. The highest BCUT2D eigenvalue weighted by atomic mass is 15.5. The molecule has 96 valence electrons. The van der Waals surface area contributed by atoms with Crippen LogP contribution in [0.1, 0.15) is 33.7 Å². The van der Waals surface area contributed by atoms with E-state index >= 15 is 0 Å². The molecule has 0 aliphatic carbocycles. The maximum Gasteiger partial charge on any atom is 0.182 e. The second kappa shape index (κ2) is 4.40. The molecule has 0 fully saturated rings. The van der Waals surface area contributed by atoms with Crippen LogP contribution in [0.15, 0.2) is 24.3 Å². The van der Waals surface area contributed by atoms with Gasteiger partial charge in [-0.25, -0.2) is 4.68 Å². The number of aromatic nitrogens is 4. The third-order valence-corrected chi connectivity index (χ3v) is 3.26. The van der Waals surface area contributed by atoms with E-state index < -0.39 is 0 Å². The van der Waals surface area contributed by atoms with Crippen molar-refractivity contribution in [2.24, 2.45) is 5.41 Å². The Morgan fingerprint density at radius 1 is 1.28 bits per heavy atom. The lowest BCUT2D eigenvalue weighted by Gasteiger charge is -2.27. The van der Waals surface area contributed by atoms with Gasteiger partial charge in [-0.3, -0.25) is 0 Å². The van der Waals surface area contributed by atoms with E-state index in [1.54, 1.807) is 0 Å². The van der Waals surface area contributed by atoms with Crippen molar-refractivity contribution in [2.45, 2.75) is 33.7 Å². The number of hydrogen-bond acceptors (Lipinski definition) is 4. The first-order valence-corrected chi connectivity index (χ1v) is 6.03. The van der Waals surface area contributed by atoms with E-state index in [1.807, 2.05) is 28.9 Å². The van der Waals surface area contributed by atoms with Crippen molar-refractivity contribution in [1.82, 2.24) is 20.2 Å². The Morgan fingerprint density at radius 2 is 2.00 bits per heavy atom. The number of nitrogens with zero attached hydrogens (tertiary/aromatic N) is 4. The fourth-order valence-corrected chi connectivity index (χ4v) is 1.69. The lowest BCUT2D eigenvalue weighted by molar-refractivity contribution is 0.243. The van der Waals surface area contributed by atoms with Crippen molar-refractivity contribution in [3.63, 3.8) is 0 Å². The molecule has 1 aromatic heterocycles. The molecule has 0 amide bonds. The molecule has 1 heterocycles. The number of nitrogen functional groups attached to an aromatic ring is 1. The highest BCUT2D eigenvalue weighted by Crippen LogP contribution is 2.32. The van der Waals surface area contributed by atoms with Crippen LogP contribution in [0.2, 0.25) is 0 Å². The standard InChI is InChI=1S/C13H19N5/c1-9(13(2,3)4)18-12(15-16-17-18)10-6-5-7-11(14)8-10/h5-9H,14H2,1-4H3. The summed E-state index contributed by atoms with van der Waals surface area (Å²) in [6.45, 7) is 8.62. The van der Waals surface area contributed by atoms with Crippen LogP contribution in [0, 0.1) is 5.41 Å². The molecule has 2 aromatic rings. The van der Waals surface area contributed by atoms with Gasteiger partial charge in [-0.2, -0.15) is 0 Å². The molecule has 1 aromatic carbocycles. The van der Waals surface area contributed by atoms with E-state index in [1.165, 1.54) is 0 Å². The van der Waals surface area contributed by atoms with Crippen molar-refractivity contribution in [1.29, 1.82) is 0 Å². The number of nitrogens with two attached hydrogens (primary N) is 1. The number of rotatable bonds is 2. The van der Waals surface area contributed by atoms with E-state index in [4.69, 9.17) is 5.73 Å². The number of anilines is 1. The molecular weight excluding hydrogens is 226 g/mol. The second-order valence-corrected chi connectivity index (χ2v) is 5.61. The minimum absolute atomic E-state index is 0.0878. The summed E-state index contributed by atoms with van der Waals surface area (Å²) < 4.78 is 1.86. The Labute approximate surface area is 107 Å². The lowest BCUT2D eigenvalue weighted by atomic mass is 9.88. The molecular formula is C13H19N5. The Bertz CT molecular complexity index is 538. The first-order chi connectivity index (χ1) is 8.39. The van der Waals surface area contributed by atoms with Crippen molar-refractivity contribution in [3.8, 4) is 11.4 Å². The molecule has 0 aliphatic rings. The van der Waals surface area contributed by atoms with Crippen LogP contribution in [-0.4, -0.2) is 20.2 Å². The monoisotopic (exact) mass is 245 g/mol. The van der Waals surface area contributed by atoms with Crippen LogP contribution >= 0.6 is 0 Å². The smallest absolute Gasteiger partial charge is 0.182 e. The molecule has 0 aliphatic heterocycles. The fraction of sp³-hybridized carbons (Fsp3) is 0.462. The van der Waals surface area contributed by atoms with Gasteiger partial charge in [-0.1, -0.05) is 32.9 Å². The molecule has 1 unspecified atom stereocenters. The Balaban J connectivity index is 2.45. The van der Waals surface area contributed by atoms with Crippen molar-refractivity contribution < 1.29 is 0 Å². The Morgan fingerprint density at radius 3 is 2.61 bits per heavy atom. The predicted molar refractivity (Wildman–Crippen MR) is 71.8 cm³/mol. The summed E-state index contributed by atoms with van der Waals surface area (Å²) in [6.07, 6.45) is 0. The Hall–Kier alpha value is -1.91. The van der Waals surface area contributed by atoms with Gasteiger partial charge < -0.3 is 5.73 Å². The first kappa shape index (κ1) is 12.5. The topological polar surface area (TPSA) is 69.6 Å². The first-order valence-electron chi connectivity index (χ1n) is 6.03. The third-order valence-electron chi connectivity index (χ3n) is 3.26. The highest BCUT2D eigenvalue weighted by Gasteiger charge is 2.25. The van der Waals surface area contributed by atoms with Gasteiger partial charge in [0.1, 0.15) is 0 Å². The normalized spacial score (nSPS) is 13.6. The molecule has 0 saturated heterocycles. The van der Waals surface area contributed by atoms with Crippen LogP contribution in [0.3, 0.4) is 0 Å². The highest BCUT2D eigenvalue weighted by molar-refractivity contribution is 5.60. The average molecular weight is 245 g/mol. The molecule has 5 heteroatoms. The van der Waals surface area contributed by atoms with Gasteiger partial charge >= 0.3 is 0 Å². The number of tetrazole rings is 1. The zero-order valence-electron chi connectivity index (χ0n) is 11.3. The van der Waals surface area contributed by atoms with Gasteiger partial charge in [0, 0.05) is 11.3 Å². The summed E-state index contributed by atoms with van der Waals surface area (Å²) in [5.74, 6) is 0.754. The number of benzene rings is 1. The van der Waals surface area contributed by atoms with E-state index in [0.717, 1.165) is 11.4 Å². The van der Waals surface area contributed by atoms with E-state index in [-0.39, 0.29) is 11.5 Å². The van der Waals surface area contributed by atoms with Crippen LogP contribution in [0.4, 0.5) is 5.69 Å². The average Bonchev–Trinajstić information content (AvgIpc) is 2.75. The molecule has 5 nitrogen and oxygen atoms in total. The van der Waals surface area contributed by atoms with Crippen molar-refractivity contribution in [3.05, 3.63) is 24.3 Å².